The van der Waals surface area contributed by atoms with Crippen LogP contribution in [0, 0.1) is 11.8 Å². The van der Waals surface area contributed by atoms with E-state index in [1.54, 1.807) is 13.0 Å². The normalized spacial score (nSPS) is 34.1. The molecule has 5 rings (SSSR count). The molecule has 0 bridgehead atoms. The van der Waals surface area contributed by atoms with Gasteiger partial charge in [0.05, 0.1) is 23.6 Å². The topological polar surface area (TPSA) is 182 Å². The molecule has 7 N–H and O–H groups in total. The molecule has 1 aromatic rings. The van der Waals surface area contributed by atoms with Crippen molar-refractivity contribution < 1.29 is 39.9 Å². The van der Waals surface area contributed by atoms with Gasteiger partial charge in [-0.1, -0.05) is 45.2 Å². The molecule has 0 heterocycles. The minimum atomic E-state index is -2.91. The fourth-order valence-electron chi connectivity index (χ4n) is 7.71. The van der Waals surface area contributed by atoms with Crippen LogP contribution in [0.25, 0.3) is 0 Å². The lowest BCUT2D eigenvalue weighted by molar-refractivity contribution is -0.162. The third-order valence-corrected chi connectivity index (χ3v) is 9.74. The highest BCUT2D eigenvalue weighted by Crippen LogP contribution is 2.56. The van der Waals surface area contributed by atoms with E-state index in [9.17, 15) is 39.9 Å². The number of rotatable bonds is 3. The van der Waals surface area contributed by atoms with E-state index >= 15 is 0 Å². The number of likely N-dealkylation sites (N-methyl/N-ethyl adjacent to an activating group) is 1. The summed E-state index contributed by atoms with van der Waals surface area (Å²) < 4.78 is 0. The van der Waals surface area contributed by atoms with E-state index in [2.05, 4.69) is 0 Å². The van der Waals surface area contributed by atoms with Crippen molar-refractivity contribution in [3.05, 3.63) is 51.5 Å². The number of phenols is 1. The number of Topliss-reactive ketones (excluding diaryl/α,β-unsaturated/α-hetero) is 2. The summed E-state index contributed by atoms with van der Waals surface area (Å²) in [6.07, 6.45) is 3.15. The van der Waals surface area contributed by atoms with Crippen LogP contribution in [-0.2, 0) is 15.0 Å². The third kappa shape index (κ3) is 3.47. The quantitative estimate of drug-likeness (QED) is 0.312. The average Bonchev–Trinajstić information content (AvgIpc) is 2.86. The first-order valence-corrected chi connectivity index (χ1v) is 13.4. The number of aliphatic hydroxyl groups excluding tert-OH is 3. The second-order valence-electron chi connectivity index (χ2n) is 12.1. The summed E-state index contributed by atoms with van der Waals surface area (Å²) in [5, 5.41) is 57.4. The number of phenolic OH excluding ortho intramolecular Hbond substituents is 1. The van der Waals surface area contributed by atoms with E-state index in [-0.39, 0.29) is 16.7 Å². The molecule has 10 heteroatoms. The number of carbonyl (C=O) groups excluding carboxylic acids is 3. The highest BCUT2D eigenvalue weighted by Gasteiger charge is 2.67. The van der Waals surface area contributed by atoms with Crippen LogP contribution in [0.4, 0.5) is 0 Å². The molecular formula is C29H36N2O8. The molecule has 1 amide bonds. The minimum Gasteiger partial charge on any atom is -0.510 e. The number of nitrogens with zero attached hydrogens (tertiary/aromatic N) is 1. The number of aromatic hydroxyl groups is 1. The van der Waals surface area contributed by atoms with E-state index in [0.29, 0.717) is 11.1 Å². The van der Waals surface area contributed by atoms with Crippen molar-refractivity contribution in [1.29, 1.82) is 0 Å². The van der Waals surface area contributed by atoms with Crippen LogP contribution in [0.5, 0.6) is 5.75 Å². The number of hydrogen-bond donors (Lipinski definition) is 6. The third-order valence-electron chi connectivity index (χ3n) is 9.74. The number of amides is 1. The van der Waals surface area contributed by atoms with Crippen molar-refractivity contribution in [2.75, 3.05) is 14.1 Å². The van der Waals surface area contributed by atoms with Gasteiger partial charge in [0.25, 0.3) is 5.91 Å². The van der Waals surface area contributed by atoms with Gasteiger partial charge in [0.15, 0.2) is 11.4 Å². The van der Waals surface area contributed by atoms with Crippen LogP contribution in [-0.4, -0.2) is 79.7 Å². The number of ketones is 2. The summed E-state index contributed by atoms with van der Waals surface area (Å²) in [4.78, 5) is 41.1. The Morgan fingerprint density at radius 3 is 2.26 bits per heavy atom. The van der Waals surface area contributed by atoms with E-state index in [1.807, 2.05) is 13.0 Å². The van der Waals surface area contributed by atoms with Crippen molar-refractivity contribution >= 4 is 17.5 Å². The Morgan fingerprint density at radius 1 is 1.08 bits per heavy atom. The molecule has 210 valence electrons. The Labute approximate surface area is 226 Å². The van der Waals surface area contributed by atoms with Gasteiger partial charge < -0.3 is 31.3 Å². The Morgan fingerprint density at radius 2 is 1.69 bits per heavy atom. The molecule has 39 heavy (non-hydrogen) atoms. The lowest BCUT2D eigenvalue weighted by atomic mass is 9.55. The molecular weight excluding hydrogens is 504 g/mol. The van der Waals surface area contributed by atoms with Gasteiger partial charge >= 0.3 is 0 Å². The molecule has 1 fully saturated rings. The zero-order chi connectivity index (χ0) is 28.8. The first kappa shape index (κ1) is 27.4. The smallest absolute Gasteiger partial charge is 0.255 e. The van der Waals surface area contributed by atoms with Gasteiger partial charge in [-0.15, -0.1) is 0 Å². The Balaban J connectivity index is 1.75. The highest BCUT2D eigenvalue weighted by atomic mass is 16.4. The van der Waals surface area contributed by atoms with Gasteiger partial charge in [-0.2, -0.15) is 0 Å². The predicted octanol–water partition coefficient (Wildman–Crippen LogP) is 1.87. The molecule has 1 aromatic carbocycles. The summed E-state index contributed by atoms with van der Waals surface area (Å²) in [5.74, 6) is -8.64. The van der Waals surface area contributed by atoms with Crippen LogP contribution in [0.3, 0.4) is 0 Å². The maximum absolute atomic E-state index is 14.1. The molecule has 1 saturated carbocycles. The van der Waals surface area contributed by atoms with Gasteiger partial charge in [0.1, 0.15) is 22.8 Å². The summed E-state index contributed by atoms with van der Waals surface area (Å²) in [7, 11) is 3.02. The molecule has 4 aliphatic carbocycles. The molecule has 0 radical (unpaired) electrons. The number of carbonyl (C=O) groups is 3. The van der Waals surface area contributed by atoms with Crippen molar-refractivity contribution in [3.8, 4) is 5.75 Å². The lowest BCUT2D eigenvalue weighted by Gasteiger charge is -2.53. The Bertz CT molecular complexity index is 1350. The van der Waals surface area contributed by atoms with E-state index in [1.165, 1.54) is 19.0 Å². The van der Waals surface area contributed by atoms with E-state index < -0.39 is 75.6 Å². The second-order valence-corrected chi connectivity index (χ2v) is 12.1. The maximum Gasteiger partial charge on any atom is 0.255 e. The standard InChI is InChI=1S/C29H36N2O8/c1-12-13-8-9-14(28(2)10-6-5-7-11-28)21(32)16(13)22(33)17-15(12)23(34)19-20(31(3)4)24(35)18(27(30)38)26(37)29(19,39)25(17)36/h8-9,12,15,19-20,23,32,34-36,39H,5-7,10-11H2,1-4H3,(H2,30,38)/t12-,15-,19+,20-,23-,29+/m1/s1. The average molecular weight is 541 g/mol. The predicted molar refractivity (Wildman–Crippen MR) is 140 cm³/mol. The summed E-state index contributed by atoms with van der Waals surface area (Å²) in [6, 6.07) is 2.32. The summed E-state index contributed by atoms with van der Waals surface area (Å²) in [6.45, 7) is 3.78. The highest BCUT2D eigenvalue weighted by molar-refractivity contribution is 6.25. The van der Waals surface area contributed by atoms with Crippen LogP contribution in [0.15, 0.2) is 34.8 Å². The van der Waals surface area contributed by atoms with E-state index in [0.717, 1.165) is 32.1 Å². The Kier molecular flexibility index (Phi) is 6.25. The number of aliphatic hydroxyl groups is 4. The lowest BCUT2D eigenvalue weighted by Crippen LogP contribution is -2.68. The fraction of sp³-hybridized carbons (Fsp3) is 0.552. The van der Waals surface area contributed by atoms with Crippen LogP contribution in [0.1, 0.15) is 73.4 Å². The van der Waals surface area contributed by atoms with Crippen molar-refractivity contribution in [2.24, 2.45) is 17.6 Å². The van der Waals surface area contributed by atoms with Gasteiger partial charge in [0.2, 0.25) is 5.78 Å². The number of primary amides is 1. The van der Waals surface area contributed by atoms with E-state index in [4.69, 9.17) is 5.73 Å². The SMILES string of the molecule is C[C@@H]1c2ccc(C3(C)CCCCC3)c(O)c2C(=O)C2=C(O)[C@]3(O)C(=O)C(C(N)=O)=C(O)[C@H](N(C)C)[C@H]3[C@H](O)[C@@H]21. The minimum absolute atomic E-state index is 0.0280. The monoisotopic (exact) mass is 540 g/mol. The van der Waals surface area contributed by atoms with Gasteiger partial charge in [0, 0.05) is 17.1 Å². The van der Waals surface area contributed by atoms with Crippen molar-refractivity contribution in [2.45, 2.75) is 75.0 Å². The van der Waals surface area contributed by atoms with Crippen molar-refractivity contribution in [3.63, 3.8) is 0 Å². The molecule has 0 aromatic heterocycles. The fourth-order valence-corrected chi connectivity index (χ4v) is 7.71. The molecule has 10 nitrogen and oxygen atoms in total. The van der Waals surface area contributed by atoms with Crippen molar-refractivity contribution in [1.82, 2.24) is 4.90 Å². The molecule has 0 saturated heterocycles. The number of fused-ring (bicyclic) bond motifs is 3. The molecule has 0 unspecified atom stereocenters. The second kappa shape index (κ2) is 8.90. The van der Waals surface area contributed by atoms with Crippen LogP contribution in [0.2, 0.25) is 0 Å². The zero-order valence-corrected chi connectivity index (χ0v) is 22.6. The molecule has 6 atom stereocenters. The number of benzene rings is 1. The summed E-state index contributed by atoms with van der Waals surface area (Å²) >= 11 is 0. The Hall–Kier alpha value is -3.21. The first-order chi connectivity index (χ1) is 18.2. The molecule has 4 aliphatic rings. The van der Waals surface area contributed by atoms with Gasteiger partial charge in [-0.05, 0) is 43.8 Å². The molecule has 0 spiro atoms. The van der Waals surface area contributed by atoms with Gasteiger partial charge in [-0.3, -0.25) is 19.3 Å². The largest absolute Gasteiger partial charge is 0.510 e. The van der Waals surface area contributed by atoms with Crippen LogP contribution >= 0.6 is 0 Å². The first-order valence-electron chi connectivity index (χ1n) is 13.4. The van der Waals surface area contributed by atoms with Gasteiger partial charge in [-0.25, -0.2) is 0 Å². The number of hydrogen-bond acceptors (Lipinski definition) is 9. The summed E-state index contributed by atoms with van der Waals surface area (Å²) in [5.41, 5.74) is 1.89. The zero-order valence-electron chi connectivity index (χ0n) is 22.6. The number of nitrogens with two attached hydrogens (primary N) is 1. The maximum atomic E-state index is 14.1. The molecule has 0 aliphatic heterocycles. The van der Waals surface area contributed by atoms with Crippen LogP contribution < -0.4 is 5.73 Å².